The molecular weight excluding hydrogens is 327 g/mol. The maximum Gasteiger partial charge on any atom is 0.273 e. The number of nitrogens with two attached hydrogens (primary N) is 1. The van der Waals surface area contributed by atoms with Crippen LogP contribution in [0.5, 0.6) is 0 Å². The van der Waals surface area contributed by atoms with Crippen molar-refractivity contribution in [1.29, 1.82) is 0 Å². The first-order valence-corrected chi connectivity index (χ1v) is 6.65. The fourth-order valence-electron chi connectivity index (χ4n) is 2.02. The predicted molar refractivity (Wildman–Crippen MR) is 87.3 cm³/mol. The quantitative estimate of drug-likeness (QED) is 0.865. The molecule has 3 rings (SSSR count). The third-order valence-corrected chi connectivity index (χ3v) is 3.41. The van der Waals surface area contributed by atoms with Crippen LogP contribution in [0, 0.1) is 5.92 Å². The first-order valence-electron chi connectivity index (χ1n) is 6.65. The van der Waals surface area contributed by atoms with Gasteiger partial charge in [0.2, 0.25) is 0 Å². The van der Waals surface area contributed by atoms with Gasteiger partial charge < -0.3 is 15.6 Å². The van der Waals surface area contributed by atoms with Gasteiger partial charge >= 0.3 is 0 Å². The molecule has 2 aromatic heterocycles. The molecule has 120 valence electrons. The Morgan fingerprint density at radius 3 is 2.86 bits per heavy atom. The molecule has 22 heavy (non-hydrogen) atoms. The number of pyridine rings is 1. The Bertz CT molecular complexity index is 602. The lowest BCUT2D eigenvalue weighted by Crippen LogP contribution is -2.38. The minimum atomic E-state index is -0.264. The Hall–Kier alpha value is -1.63. The first kappa shape index (κ1) is 18.4. The highest BCUT2D eigenvalue weighted by atomic mass is 35.5. The zero-order valence-corrected chi connectivity index (χ0v) is 13.4. The van der Waals surface area contributed by atoms with Gasteiger partial charge in [0.15, 0.2) is 11.5 Å². The summed E-state index contributed by atoms with van der Waals surface area (Å²) in [7, 11) is 0. The van der Waals surface area contributed by atoms with E-state index < -0.39 is 0 Å². The van der Waals surface area contributed by atoms with Crippen molar-refractivity contribution in [2.45, 2.75) is 18.9 Å². The third kappa shape index (κ3) is 4.43. The Morgan fingerprint density at radius 2 is 2.23 bits per heavy atom. The number of hydrogen-bond donors (Lipinski definition) is 2. The number of nitrogens with zero attached hydrogens (tertiary/aromatic N) is 2. The van der Waals surface area contributed by atoms with Gasteiger partial charge in [-0.3, -0.25) is 9.78 Å². The van der Waals surface area contributed by atoms with E-state index in [-0.39, 0.29) is 42.5 Å². The van der Waals surface area contributed by atoms with Crippen LogP contribution in [0.1, 0.15) is 23.3 Å². The number of halogens is 2. The van der Waals surface area contributed by atoms with E-state index in [1.165, 1.54) is 0 Å². The highest BCUT2D eigenvalue weighted by molar-refractivity contribution is 5.93. The minimum Gasteiger partial charge on any atom is -0.355 e. The Labute approximate surface area is 140 Å². The van der Waals surface area contributed by atoms with Crippen molar-refractivity contribution in [2.75, 3.05) is 6.54 Å². The standard InChI is InChI=1S/C14H16N4O2.2ClH/c15-11(9-3-4-9)8-17-14(19)12-6-13(20-18-12)10-2-1-5-16-7-10;;/h1-2,5-7,9,11H,3-4,8,15H2,(H,17,19);2*1H. The average molecular weight is 345 g/mol. The molecule has 1 unspecified atom stereocenters. The van der Waals surface area contributed by atoms with Crippen molar-refractivity contribution in [2.24, 2.45) is 11.7 Å². The summed E-state index contributed by atoms with van der Waals surface area (Å²) < 4.78 is 5.16. The Kier molecular flexibility index (Phi) is 6.80. The molecular formula is C14H18Cl2N4O2. The van der Waals surface area contributed by atoms with Crippen LogP contribution in [0.3, 0.4) is 0 Å². The summed E-state index contributed by atoms with van der Waals surface area (Å²) in [6.45, 7) is 0.471. The second kappa shape index (κ2) is 8.12. The topological polar surface area (TPSA) is 94.0 Å². The Morgan fingerprint density at radius 1 is 1.45 bits per heavy atom. The number of nitrogens with one attached hydrogen (secondary N) is 1. The van der Waals surface area contributed by atoms with Gasteiger partial charge in [0.1, 0.15) is 0 Å². The summed E-state index contributed by atoms with van der Waals surface area (Å²) in [6.07, 6.45) is 5.65. The monoisotopic (exact) mass is 344 g/mol. The summed E-state index contributed by atoms with van der Waals surface area (Å²) in [6, 6.07) is 5.28. The fraction of sp³-hybridized carbons (Fsp3) is 0.357. The van der Waals surface area contributed by atoms with E-state index in [1.807, 2.05) is 6.07 Å². The van der Waals surface area contributed by atoms with Crippen LogP contribution in [0.2, 0.25) is 0 Å². The highest BCUT2D eigenvalue weighted by Crippen LogP contribution is 2.31. The molecule has 2 aromatic rings. The van der Waals surface area contributed by atoms with Crippen LogP contribution >= 0.6 is 24.8 Å². The van der Waals surface area contributed by atoms with E-state index in [1.54, 1.807) is 24.5 Å². The number of rotatable bonds is 5. The lowest BCUT2D eigenvalue weighted by atomic mass is 10.2. The van der Waals surface area contributed by atoms with E-state index in [0.29, 0.717) is 18.2 Å². The summed E-state index contributed by atoms with van der Waals surface area (Å²) in [5.74, 6) is 0.813. The second-order valence-electron chi connectivity index (χ2n) is 5.03. The summed E-state index contributed by atoms with van der Waals surface area (Å²) >= 11 is 0. The van der Waals surface area contributed by atoms with Crippen molar-refractivity contribution in [3.05, 3.63) is 36.3 Å². The number of hydrogen-bond acceptors (Lipinski definition) is 5. The highest BCUT2D eigenvalue weighted by Gasteiger charge is 2.28. The van der Waals surface area contributed by atoms with Gasteiger partial charge in [0.05, 0.1) is 0 Å². The molecule has 1 saturated carbocycles. The van der Waals surface area contributed by atoms with Gasteiger partial charge in [-0.1, -0.05) is 5.16 Å². The molecule has 0 aromatic carbocycles. The third-order valence-electron chi connectivity index (χ3n) is 3.41. The van der Waals surface area contributed by atoms with E-state index in [9.17, 15) is 4.79 Å². The number of carbonyl (C=O) groups is 1. The molecule has 0 saturated heterocycles. The van der Waals surface area contributed by atoms with Gasteiger partial charge in [-0.05, 0) is 30.9 Å². The summed E-state index contributed by atoms with van der Waals surface area (Å²) in [4.78, 5) is 15.9. The van der Waals surface area contributed by atoms with E-state index in [0.717, 1.165) is 18.4 Å². The molecule has 6 nitrogen and oxygen atoms in total. The summed E-state index contributed by atoms with van der Waals surface area (Å²) in [5.41, 5.74) is 6.98. The molecule has 0 spiro atoms. The first-order chi connectivity index (χ1) is 9.74. The van der Waals surface area contributed by atoms with Crippen LogP contribution in [-0.4, -0.2) is 28.6 Å². The van der Waals surface area contributed by atoms with Crippen LogP contribution in [0.25, 0.3) is 11.3 Å². The van der Waals surface area contributed by atoms with E-state index >= 15 is 0 Å². The molecule has 0 bridgehead atoms. The SMILES string of the molecule is Cl.Cl.NC(CNC(=O)c1cc(-c2cccnc2)on1)C1CC1. The largest absolute Gasteiger partial charge is 0.355 e. The van der Waals surface area contributed by atoms with Crippen molar-refractivity contribution in [3.8, 4) is 11.3 Å². The number of aromatic nitrogens is 2. The number of carbonyl (C=O) groups excluding carboxylic acids is 1. The van der Waals surface area contributed by atoms with Crippen molar-refractivity contribution >= 4 is 30.7 Å². The van der Waals surface area contributed by atoms with Crippen molar-refractivity contribution < 1.29 is 9.32 Å². The molecule has 1 aliphatic carbocycles. The molecule has 1 amide bonds. The fourth-order valence-corrected chi connectivity index (χ4v) is 2.02. The maximum atomic E-state index is 11.9. The van der Waals surface area contributed by atoms with Gasteiger partial charge in [0, 0.05) is 36.6 Å². The predicted octanol–water partition coefficient (Wildman–Crippen LogP) is 2.05. The van der Waals surface area contributed by atoms with Gasteiger partial charge in [0.25, 0.3) is 5.91 Å². The molecule has 0 aliphatic heterocycles. The minimum absolute atomic E-state index is 0. The molecule has 3 N–H and O–H groups in total. The van der Waals surface area contributed by atoms with Crippen LogP contribution < -0.4 is 11.1 Å². The normalized spacial score (nSPS) is 14.4. The summed E-state index contributed by atoms with van der Waals surface area (Å²) in [5, 5.41) is 6.56. The zero-order chi connectivity index (χ0) is 13.9. The molecule has 1 fully saturated rings. The molecule has 1 aliphatic rings. The van der Waals surface area contributed by atoms with Crippen molar-refractivity contribution in [3.63, 3.8) is 0 Å². The lowest BCUT2D eigenvalue weighted by molar-refractivity contribution is 0.0941. The number of amides is 1. The van der Waals surface area contributed by atoms with Gasteiger partial charge in [-0.15, -0.1) is 24.8 Å². The van der Waals surface area contributed by atoms with Gasteiger partial charge in [-0.25, -0.2) is 0 Å². The van der Waals surface area contributed by atoms with Crippen LogP contribution in [0.4, 0.5) is 0 Å². The maximum absolute atomic E-state index is 11.9. The second-order valence-corrected chi connectivity index (χ2v) is 5.03. The Balaban J connectivity index is 0.00000121. The smallest absolute Gasteiger partial charge is 0.273 e. The van der Waals surface area contributed by atoms with E-state index in [2.05, 4.69) is 15.5 Å². The van der Waals surface area contributed by atoms with Gasteiger partial charge in [-0.2, -0.15) is 0 Å². The molecule has 0 radical (unpaired) electrons. The molecule has 2 heterocycles. The van der Waals surface area contributed by atoms with Crippen molar-refractivity contribution in [1.82, 2.24) is 15.5 Å². The molecule has 1 atom stereocenters. The van der Waals surface area contributed by atoms with Crippen LogP contribution in [0.15, 0.2) is 35.1 Å². The lowest BCUT2D eigenvalue weighted by Gasteiger charge is -2.09. The zero-order valence-electron chi connectivity index (χ0n) is 11.8. The van der Waals surface area contributed by atoms with Crippen LogP contribution in [-0.2, 0) is 0 Å². The molecule has 8 heteroatoms. The average Bonchev–Trinajstić information content (AvgIpc) is 3.22. The van der Waals surface area contributed by atoms with E-state index in [4.69, 9.17) is 10.3 Å².